The lowest BCUT2D eigenvalue weighted by atomic mass is 10.2. The molecule has 7 heteroatoms. The average Bonchev–Trinajstić information content (AvgIpc) is 2.90. The molecule has 1 aromatic heterocycles. The van der Waals surface area contributed by atoms with E-state index in [1.807, 2.05) is 23.3 Å². The number of carbonyl (C=O) groups is 2. The van der Waals surface area contributed by atoms with Crippen molar-refractivity contribution in [1.29, 1.82) is 0 Å². The standard InChI is InChI=1S/C14H20BrN3O2S/c1-2-3-16-14(20)18-6-4-17(5-7-18)13(19)9-12-8-11(15)10-21-12/h8,10H,2-7,9H2,1H3,(H,16,20). The van der Waals surface area contributed by atoms with E-state index >= 15 is 0 Å². The van der Waals surface area contributed by atoms with Gasteiger partial charge in [0.05, 0.1) is 6.42 Å². The summed E-state index contributed by atoms with van der Waals surface area (Å²) in [5, 5.41) is 4.85. The Morgan fingerprint density at radius 3 is 2.52 bits per heavy atom. The molecule has 0 spiro atoms. The lowest BCUT2D eigenvalue weighted by Crippen LogP contribution is -2.53. The van der Waals surface area contributed by atoms with Gasteiger partial charge in [0.2, 0.25) is 5.91 Å². The number of piperazine rings is 1. The molecule has 1 N–H and O–H groups in total. The summed E-state index contributed by atoms with van der Waals surface area (Å²) in [5.41, 5.74) is 0. The number of urea groups is 1. The fraction of sp³-hybridized carbons (Fsp3) is 0.571. The summed E-state index contributed by atoms with van der Waals surface area (Å²) in [4.78, 5) is 28.7. The van der Waals surface area contributed by atoms with E-state index in [4.69, 9.17) is 0 Å². The van der Waals surface area contributed by atoms with Crippen molar-refractivity contribution in [2.45, 2.75) is 19.8 Å². The third-order valence-corrected chi connectivity index (χ3v) is 5.09. The number of amides is 3. The average molecular weight is 374 g/mol. The molecule has 116 valence electrons. The Kier molecular flexibility index (Phi) is 6.05. The highest BCUT2D eigenvalue weighted by molar-refractivity contribution is 9.10. The van der Waals surface area contributed by atoms with Crippen LogP contribution in [0.2, 0.25) is 0 Å². The largest absolute Gasteiger partial charge is 0.339 e. The highest BCUT2D eigenvalue weighted by atomic mass is 79.9. The quantitative estimate of drug-likeness (QED) is 0.880. The molecule has 0 unspecified atom stereocenters. The fourth-order valence-electron chi connectivity index (χ4n) is 2.21. The molecule has 0 aliphatic carbocycles. The third-order valence-electron chi connectivity index (χ3n) is 3.39. The Morgan fingerprint density at radius 1 is 1.29 bits per heavy atom. The molecular formula is C14H20BrN3O2S. The molecule has 1 fully saturated rings. The van der Waals surface area contributed by atoms with Gasteiger partial charge in [-0.25, -0.2) is 4.79 Å². The van der Waals surface area contributed by atoms with Gasteiger partial charge in [-0.1, -0.05) is 6.92 Å². The molecule has 5 nitrogen and oxygen atoms in total. The molecule has 0 aromatic carbocycles. The summed E-state index contributed by atoms with van der Waals surface area (Å²) in [6, 6.07) is 1.96. The molecule has 3 amide bonds. The lowest BCUT2D eigenvalue weighted by molar-refractivity contribution is -0.131. The van der Waals surface area contributed by atoms with Crippen LogP contribution >= 0.6 is 27.3 Å². The zero-order valence-corrected chi connectivity index (χ0v) is 14.5. The SMILES string of the molecule is CCCNC(=O)N1CCN(C(=O)Cc2cc(Br)cs2)CC1. The molecule has 0 saturated carbocycles. The smallest absolute Gasteiger partial charge is 0.317 e. The minimum Gasteiger partial charge on any atom is -0.339 e. The maximum atomic E-state index is 12.2. The molecular weight excluding hydrogens is 354 g/mol. The molecule has 1 aliphatic rings. The van der Waals surface area contributed by atoms with E-state index in [1.165, 1.54) is 0 Å². The van der Waals surface area contributed by atoms with Gasteiger partial charge in [-0.15, -0.1) is 11.3 Å². The molecule has 21 heavy (non-hydrogen) atoms. The van der Waals surface area contributed by atoms with Crippen molar-refractivity contribution in [3.8, 4) is 0 Å². The molecule has 1 aliphatic heterocycles. The van der Waals surface area contributed by atoms with Crippen LogP contribution in [0.25, 0.3) is 0 Å². The van der Waals surface area contributed by atoms with Gasteiger partial charge in [-0.3, -0.25) is 4.79 Å². The molecule has 0 bridgehead atoms. The highest BCUT2D eigenvalue weighted by Crippen LogP contribution is 2.20. The second-order valence-electron chi connectivity index (χ2n) is 5.01. The topological polar surface area (TPSA) is 52.7 Å². The van der Waals surface area contributed by atoms with Crippen LogP contribution in [0.4, 0.5) is 4.79 Å². The lowest BCUT2D eigenvalue weighted by Gasteiger charge is -2.34. The summed E-state index contributed by atoms with van der Waals surface area (Å²) in [6.07, 6.45) is 1.37. The minimum absolute atomic E-state index is 0.0221. The van der Waals surface area contributed by atoms with E-state index in [2.05, 4.69) is 21.2 Å². The second kappa shape index (κ2) is 7.79. The van der Waals surface area contributed by atoms with Gasteiger partial charge in [0, 0.05) is 47.5 Å². The molecule has 1 saturated heterocycles. The van der Waals surface area contributed by atoms with Crippen LogP contribution in [0.3, 0.4) is 0 Å². The first-order chi connectivity index (χ1) is 10.1. The predicted molar refractivity (Wildman–Crippen MR) is 87.6 cm³/mol. The maximum Gasteiger partial charge on any atom is 0.317 e. The number of hydrogen-bond donors (Lipinski definition) is 1. The van der Waals surface area contributed by atoms with Crippen molar-refractivity contribution < 1.29 is 9.59 Å². The normalized spacial score (nSPS) is 15.1. The van der Waals surface area contributed by atoms with Gasteiger partial charge in [0.25, 0.3) is 0 Å². The van der Waals surface area contributed by atoms with Crippen molar-refractivity contribution in [1.82, 2.24) is 15.1 Å². The third kappa shape index (κ3) is 4.71. The van der Waals surface area contributed by atoms with E-state index in [0.717, 1.165) is 15.8 Å². The number of halogens is 1. The van der Waals surface area contributed by atoms with E-state index in [9.17, 15) is 9.59 Å². The van der Waals surface area contributed by atoms with Crippen molar-refractivity contribution in [2.75, 3.05) is 32.7 Å². The van der Waals surface area contributed by atoms with Crippen LogP contribution in [0.15, 0.2) is 15.9 Å². The number of nitrogens with zero attached hydrogens (tertiary/aromatic N) is 2. The molecule has 2 heterocycles. The molecule has 2 rings (SSSR count). The van der Waals surface area contributed by atoms with Gasteiger partial charge >= 0.3 is 6.03 Å². The van der Waals surface area contributed by atoms with Crippen LogP contribution in [0, 0.1) is 0 Å². The van der Waals surface area contributed by atoms with E-state index in [-0.39, 0.29) is 11.9 Å². The summed E-state index contributed by atoms with van der Waals surface area (Å²) in [5.74, 6) is 0.137. The van der Waals surface area contributed by atoms with Crippen molar-refractivity contribution in [3.63, 3.8) is 0 Å². The summed E-state index contributed by atoms with van der Waals surface area (Å²) in [7, 11) is 0. The van der Waals surface area contributed by atoms with E-state index < -0.39 is 0 Å². The first-order valence-electron chi connectivity index (χ1n) is 7.13. The van der Waals surface area contributed by atoms with Crippen molar-refractivity contribution in [3.05, 3.63) is 20.8 Å². The fourth-order valence-corrected chi connectivity index (χ4v) is 3.65. The van der Waals surface area contributed by atoms with Crippen molar-refractivity contribution >= 4 is 39.2 Å². The molecule has 0 radical (unpaired) electrons. The van der Waals surface area contributed by atoms with Crippen LogP contribution in [0.1, 0.15) is 18.2 Å². The Bertz CT molecular complexity index is 498. The first-order valence-corrected chi connectivity index (χ1v) is 8.81. The van der Waals surface area contributed by atoms with Gasteiger partial charge < -0.3 is 15.1 Å². The number of rotatable bonds is 4. The zero-order chi connectivity index (χ0) is 15.2. The summed E-state index contributed by atoms with van der Waals surface area (Å²) in [6.45, 7) is 5.17. The van der Waals surface area contributed by atoms with Crippen LogP contribution < -0.4 is 5.32 Å². The Hall–Kier alpha value is -1.08. The monoisotopic (exact) mass is 373 g/mol. The summed E-state index contributed by atoms with van der Waals surface area (Å²) < 4.78 is 1.02. The minimum atomic E-state index is -0.0221. The number of nitrogens with one attached hydrogen (secondary N) is 1. The van der Waals surface area contributed by atoms with Gasteiger partial charge in [-0.2, -0.15) is 0 Å². The van der Waals surface area contributed by atoms with Gasteiger partial charge in [0.1, 0.15) is 0 Å². The summed E-state index contributed by atoms with van der Waals surface area (Å²) >= 11 is 4.98. The van der Waals surface area contributed by atoms with Crippen LogP contribution in [-0.4, -0.2) is 54.5 Å². The number of hydrogen-bond acceptors (Lipinski definition) is 3. The highest BCUT2D eigenvalue weighted by Gasteiger charge is 2.24. The molecule has 0 atom stereocenters. The van der Waals surface area contributed by atoms with Crippen LogP contribution in [0.5, 0.6) is 0 Å². The number of carbonyl (C=O) groups excluding carboxylic acids is 2. The Balaban J connectivity index is 1.78. The second-order valence-corrected chi connectivity index (χ2v) is 6.92. The predicted octanol–water partition coefficient (Wildman–Crippen LogP) is 2.32. The van der Waals surface area contributed by atoms with Crippen LogP contribution in [-0.2, 0) is 11.2 Å². The van der Waals surface area contributed by atoms with E-state index in [1.54, 1.807) is 16.2 Å². The molecule has 1 aromatic rings. The Labute approximate surface area is 137 Å². The number of thiophene rings is 1. The van der Waals surface area contributed by atoms with Gasteiger partial charge in [0.15, 0.2) is 0 Å². The Morgan fingerprint density at radius 2 is 1.95 bits per heavy atom. The van der Waals surface area contributed by atoms with E-state index in [0.29, 0.717) is 39.1 Å². The first kappa shape index (κ1) is 16.3. The van der Waals surface area contributed by atoms with Gasteiger partial charge in [-0.05, 0) is 28.4 Å². The van der Waals surface area contributed by atoms with Crippen molar-refractivity contribution in [2.24, 2.45) is 0 Å². The maximum absolute atomic E-state index is 12.2. The zero-order valence-electron chi connectivity index (χ0n) is 12.1.